The minimum atomic E-state index is 0.506. The number of aryl methyl sites for hydroxylation is 1. The van der Waals surface area contributed by atoms with Crippen LogP contribution < -0.4 is 5.32 Å². The second-order valence-corrected chi connectivity index (χ2v) is 5.21. The molecule has 3 rings (SSSR count). The van der Waals surface area contributed by atoms with E-state index in [9.17, 15) is 0 Å². The lowest BCUT2D eigenvalue weighted by molar-refractivity contribution is 0.432. The smallest absolute Gasteiger partial charge is 0.263 e. The molecule has 0 unspecified atom stereocenters. The molecule has 0 bridgehead atoms. The SMILES string of the molecule is CNc1snc(C)c1-c1nc(-c2ccsc2)no1. The third kappa shape index (κ3) is 1.81. The molecule has 0 radical (unpaired) electrons. The van der Waals surface area contributed by atoms with Crippen LogP contribution in [0.4, 0.5) is 5.00 Å². The Morgan fingerprint density at radius 2 is 2.28 bits per heavy atom. The highest BCUT2D eigenvalue weighted by molar-refractivity contribution is 7.11. The minimum Gasteiger partial charge on any atom is -0.378 e. The molecule has 3 aromatic heterocycles. The summed E-state index contributed by atoms with van der Waals surface area (Å²) < 4.78 is 9.62. The van der Waals surface area contributed by atoms with E-state index in [1.807, 2.05) is 30.8 Å². The summed E-state index contributed by atoms with van der Waals surface area (Å²) in [6.07, 6.45) is 0. The quantitative estimate of drug-likeness (QED) is 0.796. The van der Waals surface area contributed by atoms with Gasteiger partial charge in [0, 0.05) is 18.0 Å². The van der Waals surface area contributed by atoms with Crippen LogP contribution in [-0.2, 0) is 0 Å². The summed E-state index contributed by atoms with van der Waals surface area (Å²) in [5, 5.41) is 12.0. The maximum atomic E-state index is 5.33. The zero-order chi connectivity index (χ0) is 12.5. The third-order valence-corrected chi connectivity index (χ3v) is 4.15. The Bertz CT molecular complexity index is 656. The highest BCUT2D eigenvalue weighted by atomic mass is 32.1. The first-order valence-corrected chi connectivity index (χ1v) is 7.02. The standard InChI is InChI=1S/C11H10N4OS2/c1-6-8(11(12-2)18-15-6)10-13-9(14-16-10)7-3-4-17-5-7/h3-5,12H,1-2H3. The van der Waals surface area contributed by atoms with Crippen LogP contribution in [0.15, 0.2) is 21.3 Å². The second-order valence-electron chi connectivity index (χ2n) is 3.66. The van der Waals surface area contributed by atoms with Gasteiger partial charge in [-0.25, -0.2) is 0 Å². The first kappa shape index (κ1) is 11.4. The zero-order valence-electron chi connectivity index (χ0n) is 9.80. The molecule has 0 saturated carbocycles. The van der Waals surface area contributed by atoms with Gasteiger partial charge in [0.15, 0.2) is 0 Å². The summed E-state index contributed by atoms with van der Waals surface area (Å²) in [6.45, 7) is 1.93. The van der Waals surface area contributed by atoms with Gasteiger partial charge in [0.2, 0.25) is 5.82 Å². The molecule has 3 aromatic rings. The second kappa shape index (κ2) is 4.51. The average Bonchev–Trinajstić information content (AvgIpc) is 3.07. The van der Waals surface area contributed by atoms with Crippen LogP contribution in [0.3, 0.4) is 0 Å². The fourth-order valence-electron chi connectivity index (χ4n) is 1.63. The number of nitrogens with zero attached hydrogens (tertiary/aromatic N) is 3. The van der Waals surface area contributed by atoms with Crippen molar-refractivity contribution in [3.63, 3.8) is 0 Å². The van der Waals surface area contributed by atoms with E-state index < -0.39 is 0 Å². The summed E-state index contributed by atoms with van der Waals surface area (Å²) in [6, 6.07) is 1.97. The van der Waals surface area contributed by atoms with E-state index in [0.29, 0.717) is 11.7 Å². The van der Waals surface area contributed by atoms with E-state index in [-0.39, 0.29) is 0 Å². The zero-order valence-corrected chi connectivity index (χ0v) is 11.4. The molecule has 0 spiro atoms. The summed E-state index contributed by atoms with van der Waals surface area (Å²) >= 11 is 3.00. The molecule has 1 N–H and O–H groups in total. The molecule has 3 heterocycles. The van der Waals surface area contributed by atoms with Crippen LogP contribution in [0.5, 0.6) is 0 Å². The molecule has 0 aliphatic carbocycles. The van der Waals surface area contributed by atoms with Crippen molar-refractivity contribution in [3.8, 4) is 22.8 Å². The highest BCUT2D eigenvalue weighted by Crippen LogP contribution is 2.34. The summed E-state index contributed by atoms with van der Waals surface area (Å²) in [7, 11) is 1.85. The first-order chi connectivity index (χ1) is 8.79. The molecule has 0 fully saturated rings. The lowest BCUT2D eigenvalue weighted by Crippen LogP contribution is -1.88. The summed E-state index contributed by atoms with van der Waals surface area (Å²) in [5.41, 5.74) is 2.75. The lowest BCUT2D eigenvalue weighted by atomic mass is 10.2. The Morgan fingerprint density at radius 1 is 1.39 bits per heavy atom. The van der Waals surface area contributed by atoms with E-state index in [4.69, 9.17) is 4.52 Å². The van der Waals surface area contributed by atoms with Crippen molar-refractivity contribution in [2.24, 2.45) is 0 Å². The van der Waals surface area contributed by atoms with Gasteiger partial charge < -0.3 is 9.84 Å². The topological polar surface area (TPSA) is 63.8 Å². The van der Waals surface area contributed by atoms with Gasteiger partial charge in [0.1, 0.15) is 5.00 Å². The molecule has 0 aliphatic heterocycles. The van der Waals surface area contributed by atoms with Crippen molar-refractivity contribution < 1.29 is 4.52 Å². The fourth-order valence-corrected chi connectivity index (χ4v) is 3.00. The van der Waals surface area contributed by atoms with Crippen LogP contribution in [0.2, 0.25) is 0 Å². The van der Waals surface area contributed by atoms with E-state index in [1.54, 1.807) is 11.3 Å². The van der Waals surface area contributed by atoms with Gasteiger partial charge >= 0.3 is 0 Å². The van der Waals surface area contributed by atoms with Crippen LogP contribution in [0.1, 0.15) is 5.69 Å². The van der Waals surface area contributed by atoms with E-state index in [0.717, 1.165) is 21.8 Å². The molecule has 0 aliphatic rings. The first-order valence-electron chi connectivity index (χ1n) is 5.30. The van der Waals surface area contributed by atoms with Crippen molar-refractivity contribution in [2.75, 3.05) is 12.4 Å². The average molecular weight is 278 g/mol. The van der Waals surface area contributed by atoms with Gasteiger partial charge in [-0.3, -0.25) is 0 Å². The third-order valence-electron chi connectivity index (χ3n) is 2.51. The number of anilines is 1. The fraction of sp³-hybridized carbons (Fsp3) is 0.182. The van der Waals surface area contributed by atoms with Crippen molar-refractivity contribution in [2.45, 2.75) is 6.92 Å². The van der Waals surface area contributed by atoms with Gasteiger partial charge in [-0.1, -0.05) is 5.16 Å². The van der Waals surface area contributed by atoms with Gasteiger partial charge in [-0.15, -0.1) is 0 Å². The van der Waals surface area contributed by atoms with Crippen LogP contribution in [-0.4, -0.2) is 21.6 Å². The molecule has 92 valence electrons. The van der Waals surface area contributed by atoms with Gasteiger partial charge in [0.05, 0.1) is 11.3 Å². The summed E-state index contributed by atoms with van der Waals surface area (Å²) in [5.74, 6) is 1.12. The Labute approximate surface area is 112 Å². The number of hydrogen-bond acceptors (Lipinski definition) is 7. The Balaban J connectivity index is 2.05. The largest absolute Gasteiger partial charge is 0.378 e. The normalized spacial score (nSPS) is 10.8. The van der Waals surface area contributed by atoms with Crippen molar-refractivity contribution in [3.05, 3.63) is 22.5 Å². The van der Waals surface area contributed by atoms with E-state index in [2.05, 4.69) is 19.8 Å². The predicted molar refractivity (Wildman–Crippen MR) is 73.0 cm³/mol. The molecule has 0 amide bonds. The summed E-state index contributed by atoms with van der Waals surface area (Å²) in [4.78, 5) is 4.42. The molecule has 18 heavy (non-hydrogen) atoms. The van der Waals surface area contributed by atoms with Crippen LogP contribution >= 0.6 is 22.9 Å². The number of aromatic nitrogens is 3. The maximum absolute atomic E-state index is 5.33. The number of rotatable bonds is 3. The highest BCUT2D eigenvalue weighted by Gasteiger charge is 2.19. The Morgan fingerprint density at radius 3 is 3.00 bits per heavy atom. The molecule has 0 atom stereocenters. The van der Waals surface area contributed by atoms with Crippen molar-refractivity contribution in [1.82, 2.24) is 14.5 Å². The predicted octanol–water partition coefficient (Wildman–Crippen LogP) is 3.27. The van der Waals surface area contributed by atoms with Crippen molar-refractivity contribution >= 4 is 27.9 Å². The van der Waals surface area contributed by atoms with Crippen molar-refractivity contribution in [1.29, 1.82) is 0 Å². The monoisotopic (exact) mass is 278 g/mol. The van der Waals surface area contributed by atoms with E-state index >= 15 is 0 Å². The van der Waals surface area contributed by atoms with Crippen LogP contribution in [0.25, 0.3) is 22.8 Å². The van der Waals surface area contributed by atoms with Gasteiger partial charge in [-0.2, -0.15) is 20.7 Å². The van der Waals surface area contributed by atoms with Crippen LogP contribution in [0, 0.1) is 6.92 Å². The maximum Gasteiger partial charge on any atom is 0.263 e. The van der Waals surface area contributed by atoms with E-state index in [1.165, 1.54) is 11.5 Å². The molecule has 5 nitrogen and oxygen atoms in total. The Kier molecular flexibility index (Phi) is 2.85. The molecule has 0 saturated heterocycles. The lowest BCUT2D eigenvalue weighted by Gasteiger charge is -1.96. The van der Waals surface area contributed by atoms with Gasteiger partial charge in [0.25, 0.3) is 5.89 Å². The number of hydrogen-bond donors (Lipinski definition) is 1. The number of nitrogens with one attached hydrogen (secondary N) is 1. The molecular formula is C11H10N4OS2. The molecular weight excluding hydrogens is 268 g/mol. The molecule has 7 heteroatoms. The minimum absolute atomic E-state index is 0.506. The Hall–Kier alpha value is -1.73. The van der Waals surface area contributed by atoms with Gasteiger partial charge in [-0.05, 0) is 29.9 Å². The number of thiophene rings is 1. The molecule has 0 aromatic carbocycles.